The molecular formula is C17H16N2S. The van der Waals surface area contributed by atoms with Crippen LogP contribution >= 0.6 is 11.8 Å². The van der Waals surface area contributed by atoms with Gasteiger partial charge in [0.15, 0.2) is 0 Å². The number of allylic oxidation sites excluding steroid dienone is 5. The molecular weight excluding hydrogens is 264 g/mol. The molecule has 0 bridgehead atoms. The molecule has 1 aromatic heterocycles. The van der Waals surface area contributed by atoms with Gasteiger partial charge in [0.05, 0.1) is 11.2 Å². The van der Waals surface area contributed by atoms with Crippen LogP contribution in [-0.4, -0.2) is 16.4 Å². The highest BCUT2D eigenvalue weighted by Crippen LogP contribution is 2.50. The number of rotatable bonds is 3. The van der Waals surface area contributed by atoms with Crippen molar-refractivity contribution >= 4 is 18.0 Å². The lowest BCUT2D eigenvalue weighted by Crippen LogP contribution is -2.14. The number of aryl methyl sites for hydroxylation is 1. The maximum absolute atomic E-state index is 7.77. The summed E-state index contributed by atoms with van der Waals surface area (Å²) >= 11 is 1.41. The van der Waals surface area contributed by atoms with E-state index in [9.17, 15) is 0 Å². The van der Waals surface area contributed by atoms with Crippen LogP contribution in [0.1, 0.15) is 26.8 Å². The molecule has 2 aliphatic rings. The van der Waals surface area contributed by atoms with Gasteiger partial charge in [-0.1, -0.05) is 55.2 Å². The van der Waals surface area contributed by atoms with Crippen LogP contribution in [0.3, 0.4) is 0 Å². The summed E-state index contributed by atoms with van der Waals surface area (Å²) in [5.41, 5.74) is 1.91. The molecule has 1 aliphatic heterocycles. The maximum atomic E-state index is 7.77. The lowest BCUT2D eigenvalue weighted by atomic mass is 9.88. The highest BCUT2D eigenvalue weighted by Gasteiger charge is 2.37. The molecule has 2 unspecified atom stereocenters. The van der Waals surface area contributed by atoms with E-state index in [2.05, 4.69) is 9.98 Å². The number of pyridine rings is 1. The molecule has 1 aromatic rings. The van der Waals surface area contributed by atoms with Gasteiger partial charge in [0.25, 0.3) is 0 Å². The summed E-state index contributed by atoms with van der Waals surface area (Å²) in [5.74, 6) is -0.0373. The van der Waals surface area contributed by atoms with E-state index in [1.165, 1.54) is 17.8 Å². The fourth-order valence-electron chi connectivity index (χ4n) is 2.38. The number of hydrogen-bond acceptors (Lipinski definition) is 3. The summed E-state index contributed by atoms with van der Waals surface area (Å²) < 4.78 is 52.6. The SMILES string of the molecule is [2H]C=C([2H])C([2H])=NC(=C[2H])C1=CC=CC2c3ccc(C([2H])([2H])[2H])nc3SC12. The Labute approximate surface area is 133 Å². The first-order chi connectivity index (χ1) is 12.8. The number of aromatic nitrogens is 1. The summed E-state index contributed by atoms with van der Waals surface area (Å²) in [5, 5.41) is 0.495. The first-order valence-corrected chi connectivity index (χ1v) is 6.90. The van der Waals surface area contributed by atoms with E-state index in [4.69, 9.17) is 9.60 Å². The molecule has 0 spiro atoms. The second-order valence-electron chi connectivity index (χ2n) is 4.42. The average molecular weight is 287 g/mol. The summed E-state index contributed by atoms with van der Waals surface area (Å²) in [6, 6.07) is 2.96. The predicted molar refractivity (Wildman–Crippen MR) is 86.4 cm³/mol. The van der Waals surface area contributed by atoms with Crippen LogP contribution in [0.25, 0.3) is 0 Å². The maximum Gasteiger partial charge on any atom is 0.101 e. The van der Waals surface area contributed by atoms with Crippen LogP contribution < -0.4 is 0 Å². The third-order valence-electron chi connectivity index (χ3n) is 3.25. The van der Waals surface area contributed by atoms with Crippen molar-refractivity contribution in [3.05, 3.63) is 72.1 Å². The largest absolute Gasteiger partial charge is 0.257 e. The van der Waals surface area contributed by atoms with Crippen LogP contribution in [-0.2, 0) is 0 Å². The Morgan fingerprint density at radius 2 is 2.65 bits per heavy atom. The van der Waals surface area contributed by atoms with Crippen LogP contribution in [0.15, 0.2) is 70.8 Å². The minimum absolute atomic E-state index is 0.0373. The van der Waals surface area contributed by atoms with E-state index in [0.29, 0.717) is 10.6 Å². The van der Waals surface area contributed by atoms with Gasteiger partial charge >= 0.3 is 0 Å². The molecule has 0 saturated heterocycles. The Morgan fingerprint density at radius 3 is 3.50 bits per heavy atom. The first-order valence-electron chi connectivity index (χ1n) is 9.68. The third-order valence-corrected chi connectivity index (χ3v) is 4.60. The quantitative estimate of drug-likeness (QED) is 0.778. The lowest BCUT2D eigenvalue weighted by molar-refractivity contribution is 0.833. The fraction of sp³-hybridized carbons (Fsp3) is 0.176. The topological polar surface area (TPSA) is 25.2 Å². The van der Waals surface area contributed by atoms with Crippen LogP contribution in [0, 0.1) is 6.85 Å². The average Bonchev–Trinajstić information content (AvgIpc) is 3.02. The van der Waals surface area contributed by atoms with Gasteiger partial charge in [-0.15, -0.1) is 0 Å². The zero-order valence-electron chi connectivity index (χ0n) is 17.5. The molecule has 2 heterocycles. The molecule has 0 saturated carbocycles. The van der Waals surface area contributed by atoms with E-state index in [1.54, 1.807) is 12.1 Å². The van der Waals surface area contributed by atoms with Crippen LogP contribution in [0.4, 0.5) is 0 Å². The number of nitrogens with zero attached hydrogens (tertiary/aromatic N) is 2. The Hall–Kier alpha value is -1.87. The summed E-state index contributed by atoms with van der Waals surface area (Å²) in [7, 11) is 0. The van der Waals surface area contributed by atoms with Crippen molar-refractivity contribution in [2.24, 2.45) is 4.99 Å². The molecule has 2 atom stereocenters. The van der Waals surface area contributed by atoms with Gasteiger partial charge in [0.2, 0.25) is 0 Å². The Bertz CT molecular complexity index is 912. The number of thioether (sulfide) groups is 1. The summed E-state index contributed by atoms with van der Waals surface area (Å²) in [4.78, 5) is 8.33. The van der Waals surface area contributed by atoms with Crippen molar-refractivity contribution in [2.45, 2.75) is 23.0 Å². The Kier molecular flexibility index (Phi) is 1.90. The van der Waals surface area contributed by atoms with Gasteiger partial charge in [-0.3, -0.25) is 4.99 Å². The van der Waals surface area contributed by atoms with E-state index in [0.717, 1.165) is 18.7 Å². The zero-order valence-corrected chi connectivity index (χ0v) is 11.3. The summed E-state index contributed by atoms with van der Waals surface area (Å²) in [6.45, 7) is -0.522. The smallest absolute Gasteiger partial charge is 0.101 e. The number of fused-ring (bicyclic) bond motifs is 3. The third kappa shape index (κ3) is 2.18. The molecule has 0 fully saturated rings. The molecule has 3 heteroatoms. The van der Waals surface area contributed by atoms with Gasteiger partial charge in [-0.05, 0) is 24.1 Å². The normalized spacial score (nSPS) is 31.7. The zero-order chi connectivity index (χ0) is 19.8. The molecule has 2 nitrogen and oxygen atoms in total. The predicted octanol–water partition coefficient (Wildman–Crippen LogP) is 4.21. The van der Waals surface area contributed by atoms with Gasteiger partial charge in [-0.25, -0.2) is 4.98 Å². The van der Waals surface area contributed by atoms with Gasteiger partial charge in [0, 0.05) is 27.2 Å². The van der Waals surface area contributed by atoms with Gasteiger partial charge < -0.3 is 0 Å². The highest BCUT2D eigenvalue weighted by atomic mass is 32.2. The molecule has 3 rings (SSSR count). The molecule has 0 aromatic carbocycles. The summed E-state index contributed by atoms with van der Waals surface area (Å²) in [6.07, 6.45) is 5.25. The number of hydrogen-bond donors (Lipinski definition) is 0. The van der Waals surface area contributed by atoms with Gasteiger partial charge in [0.1, 0.15) is 5.03 Å². The highest BCUT2D eigenvalue weighted by molar-refractivity contribution is 8.00. The van der Waals surface area contributed by atoms with Crippen molar-refractivity contribution < 1.29 is 9.60 Å². The Balaban J connectivity index is 1.96. The number of aliphatic imine (C=N–C) groups is 1. The molecule has 1 aliphatic carbocycles. The lowest BCUT2D eigenvalue weighted by Gasteiger charge is -2.22. The molecule has 0 radical (unpaired) electrons. The molecule has 20 heavy (non-hydrogen) atoms. The fourth-order valence-corrected chi connectivity index (χ4v) is 3.82. The van der Waals surface area contributed by atoms with Gasteiger partial charge in [-0.2, -0.15) is 0 Å². The minimum Gasteiger partial charge on any atom is -0.257 e. The molecule has 0 amide bonds. The molecule has 100 valence electrons. The van der Waals surface area contributed by atoms with Crippen molar-refractivity contribution in [3.63, 3.8) is 0 Å². The van der Waals surface area contributed by atoms with E-state index in [1.807, 2.05) is 12.2 Å². The minimum atomic E-state index is -2.28. The van der Waals surface area contributed by atoms with E-state index < -0.39 is 6.85 Å². The van der Waals surface area contributed by atoms with Crippen molar-refractivity contribution in [2.75, 3.05) is 0 Å². The van der Waals surface area contributed by atoms with E-state index in [-0.39, 0.29) is 34.8 Å². The second kappa shape index (κ2) is 5.25. The molecule has 0 N–H and O–H groups in total. The standard InChI is InChI=1S/C17H16N2S/c1-4-10-18-12(3)13-6-5-7-14-15-9-8-11(2)19-17(15)20-16(13)14/h4-10,14,16H,1,3H2,2H3/i1D,2D3,3D,4D,10D. The second-order valence-corrected chi connectivity index (χ2v) is 5.55. The van der Waals surface area contributed by atoms with Crippen LogP contribution in [0.5, 0.6) is 0 Å². The van der Waals surface area contributed by atoms with Crippen molar-refractivity contribution in [1.82, 2.24) is 4.98 Å². The Morgan fingerprint density at radius 1 is 1.65 bits per heavy atom. The first kappa shape index (κ1) is 7.23. The monoisotopic (exact) mass is 287 g/mol. The van der Waals surface area contributed by atoms with Crippen molar-refractivity contribution in [1.29, 1.82) is 0 Å². The van der Waals surface area contributed by atoms with Crippen molar-refractivity contribution in [3.8, 4) is 0 Å². The van der Waals surface area contributed by atoms with Crippen LogP contribution in [0.2, 0.25) is 0 Å². The van der Waals surface area contributed by atoms with E-state index >= 15 is 0 Å².